The third-order valence-corrected chi connectivity index (χ3v) is 4.56. The zero-order chi connectivity index (χ0) is 18.5. The van der Waals surface area contributed by atoms with Gasteiger partial charge in [0.2, 0.25) is 5.91 Å². The van der Waals surface area contributed by atoms with Crippen LogP contribution in [0.5, 0.6) is 11.5 Å². The van der Waals surface area contributed by atoms with Crippen molar-refractivity contribution >= 4 is 5.91 Å². The highest BCUT2D eigenvalue weighted by Crippen LogP contribution is 2.31. The van der Waals surface area contributed by atoms with Gasteiger partial charge < -0.3 is 14.8 Å². The Balaban J connectivity index is 1.83. The number of aromatic nitrogens is 2. The minimum atomic E-state index is -0.317. The Morgan fingerprint density at radius 1 is 1.19 bits per heavy atom. The predicted octanol–water partition coefficient (Wildman–Crippen LogP) is 1.99. The molecule has 0 spiro atoms. The molecule has 1 fully saturated rings. The molecule has 0 unspecified atom stereocenters. The van der Waals surface area contributed by atoms with Gasteiger partial charge in [0.15, 0.2) is 0 Å². The summed E-state index contributed by atoms with van der Waals surface area (Å²) in [6.07, 6.45) is 4.26. The summed E-state index contributed by atoms with van der Waals surface area (Å²) in [6.45, 7) is -0.0956. The first-order valence-corrected chi connectivity index (χ1v) is 8.70. The fourth-order valence-electron chi connectivity index (χ4n) is 3.20. The number of nitrogens with one attached hydrogen (secondary N) is 1. The predicted molar refractivity (Wildman–Crippen MR) is 97.4 cm³/mol. The second-order valence-corrected chi connectivity index (χ2v) is 6.33. The molecule has 1 N–H and O–H groups in total. The molecule has 138 valence electrons. The number of amides is 1. The van der Waals surface area contributed by atoms with Gasteiger partial charge in [-0.25, -0.2) is 4.68 Å². The minimum absolute atomic E-state index is 0.0956. The fraction of sp³-hybridized carbons (Fsp3) is 0.421. The smallest absolute Gasteiger partial charge is 0.267 e. The van der Waals surface area contributed by atoms with Crippen LogP contribution in [0.1, 0.15) is 25.7 Å². The standard InChI is InChI=1S/C19H23N3O4/c1-25-14-7-8-15(17(11-14)26-2)16-9-10-19(24)22(21-16)12-18(23)20-13-5-3-4-6-13/h7-11,13H,3-6,12H2,1-2H3,(H,20,23). The van der Waals surface area contributed by atoms with E-state index >= 15 is 0 Å². The molecule has 0 saturated heterocycles. The molecule has 0 atom stereocenters. The molecule has 7 nitrogen and oxygen atoms in total. The molecule has 1 aromatic carbocycles. The van der Waals surface area contributed by atoms with Gasteiger partial charge in [-0.1, -0.05) is 12.8 Å². The molecule has 1 aromatic heterocycles. The van der Waals surface area contributed by atoms with E-state index in [0.717, 1.165) is 31.2 Å². The maximum absolute atomic E-state index is 12.2. The van der Waals surface area contributed by atoms with Crippen molar-refractivity contribution in [2.45, 2.75) is 38.3 Å². The van der Waals surface area contributed by atoms with E-state index in [1.54, 1.807) is 32.4 Å². The van der Waals surface area contributed by atoms with Crippen LogP contribution in [-0.4, -0.2) is 35.9 Å². The Labute approximate surface area is 151 Å². The summed E-state index contributed by atoms with van der Waals surface area (Å²) < 4.78 is 11.8. The second-order valence-electron chi connectivity index (χ2n) is 6.33. The molecule has 26 heavy (non-hydrogen) atoms. The average molecular weight is 357 g/mol. The highest BCUT2D eigenvalue weighted by Gasteiger charge is 2.18. The Hall–Kier alpha value is -2.83. The first-order chi connectivity index (χ1) is 12.6. The molecule has 3 rings (SSSR count). The summed E-state index contributed by atoms with van der Waals surface area (Å²) in [4.78, 5) is 24.3. The van der Waals surface area contributed by atoms with Crippen LogP contribution in [0, 0.1) is 0 Å². The van der Waals surface area contributed by atoms with E-state index < -0.39 is 0 Å². The quantitative estimate of drug-likeness (QED) is 0.855. The van der Waals surface area contributed by atoms with Crippen LogP contribution in [0.2, 0.25) is 0 Å². The lowest BCUT2D eigenvalue weighted by Gasteiger charge is -2.13. The van der Waals surface area contributed by atoms with E-state index in [2.05, 4.69) is 10.4 Å². The monoisotopic (exact) mass is 357 g/mol. The number of hydrogen-bond donors (Lipinski definition) is 1. The van der Waals surface area contributed by atoms with E-state index in [-0.39, 0.29) is 24.1 Å². The van der Waals surface area contributed by atoms with Gasteiger partial charge in [0.25, 0.3) is 5.56 Å². The van der Waals surface area contributed by atoms with Crippen molar-refractivity contribution in [2.24, 2.45) is 0 Å². The number of ether oxygens (including phenoxy) is 2. The second kappa shape index (κ2) is 8.03. The minimum Gasteiger partial charge on any atom is -0.497 e. The molecule has 7 heteroatoms. The lowest BCUT2D eigenvalue weighted by Crippen LogP contribution is -2.38. The van der Waals surface area contributed by atoms with Crippen molar-refractivity contribution in [2.75, 3.05) is 14.2 Å². The van der Waals surface area contributed by atoms with Crippen LogP contribution in [-0.2, 0) is 11.3 Å². The van der Waals surface area contributed by atoms with Gasteiger partial charge in [0.05, 0.1) is 19.9 Å². The molecule has 1 saturated carbocycles. The number of benzene rings is 1. The van der Waals surface area contributed by atoms with Gasteiger partial charge in [0, 0.05) is 23.7 Å². The van der Waals surface area contributed by atoms with Crippen molar-refractivity contribution in [1.82, 2.24) is 15.1 Å². The van der Waals surface area contributed by atoms with Crippen LogP contribution in [0.15, 0.2) is 35.1 Å². The first kappa shape index (κ1) is 18.0. The van der Waals surface area contributed by atoms with E-state index in [0.29, 0.717) is 17.2 Å². The summed E-state index contributed by atoms with van der Waals surface area (Å²) >= 11 is 0. The molecule has 0 aliphatic heterocycles. The molecular weight excluding hydrogens is 334 g/mol. The van der Waals surface area contributed by atoms with Crippen molar-refractivity contribution in [3.05, 3.63) is 40.7 Å². The summed E-state index contributed by atoms with van der Waals surface area (Å²) in [7, 11) is 3.14. The number of hydrogen-bond acceptors (Lipinski definition) is 5. The van der Waals surface area contributed by atoms with Crippen molar-refractivity contribution in [3.8, 4) is 22.8 Å². The highest BCUT2D eigenvalue weighted by atomic mass is 16.5. The number of rotatable bonds is 6. The van der Waals surface area contributed by atoms with E-state index in [9.17, 15) is 9.59 Å². The molecule has 1 aliphatic carbocycles. The summed E-state index contributed by atoms with van der Waals surface area (Å²) in [5.41, 5.74) is 0.957. The van der Waals surface area contributed by atoms with Crippen LogP contribution in [0.4, 0.5) is 0 Å². The molecule has 1 heterocycles. The van der Waals surface area contributed by atoms with Crippen LogP contribution in [0.3, 0.4) is 0 Å². The number of carbonyl (C=O) groups is 1. The SMILES string of the molecule is COc1ccc(-c2ccc(=O)n(CC(=O)NC3CCCC3)n2)c(OC)c1. The molecule has 2 aromatic rings. The third-order valence-electron chi connectivity index (χ3n) is 4.56. The molecule has 0 bridgehead atoms. The van der Waals surface area contributed by atoms with E-state index in [1.807, 2.05) is 6.07 Å². The van der Waals surface area contributed by atoms with Gasteiger partial charge in [0.1, 0.15) is 18.0 Å². The largest absolute Gasteiger partial charge is 0.497 e. The Morgan fingerprint density at radius 3 is 2.65 bits per heavy atom. The topological polar surface area (TPSA) is 82.5 Å². The lowest BCUT2D eigenvalue weighted by atomic mass is 10.1. The number of nitrogens with zero attached hydrogens (tertiary/aromatic N) is 2. The normalized spacial score (nSPS) is 14.2. The average Bonchev–Trinajstić information content (AvgIpc) is 3.16. The van der Waals surface area contributed by atoms with Crippen LogP contribution >= 0.6 is 0 Å². The maximum atomic E-state index is 12.2. The molecule has 1 aliphatic rings. The summed E-state index contributed by atoms with van der Waals surface area (Å²) in [5.74, 6) is 1.05. The summed E-state index contributed by atoms with van der Waals surface area (Å²) in [5, 5.41) is 7.32. The van der Waals surface area contributed by atoms with Gasteiger partial charge in [-0.15, -0.1) is 0 Å². The van der Waals surface area contributed by atoms with Gasteiger partial charge in [-0.2, -0.15) is 5.10 Å². The molecule has 0 radical (unpaired) electrons. The van der Waals surface area contributed by atoms with Crippen molar-refractivity contribution in [3.63, 3.8) is 0 Å². The third kappa shape index (κ3) is 4.04. The van der Waals surface area contributed by atoms with Crippen molar-refractivity contribution in [1.29, 1.82) is 0 Å². The molecular formula is C19H23N3O4. The summed E-state index contributed by atoms with van der Waals surface area (Å²) in [6, 6.07) is 8.60. The van der Waals surface area contributed by atoms with E-state index in [1.165, 1.54) is 10.7 Å². The first-order valence-electron chi connectivity index (χ1n) is 8.70. The molecule has 1 amide bonds. The van der Waals surface area contributed by atoms with Crippen molar-refractivity contribution < 1.29 is 14.3 Å². The number of carbonyl (C=O) groups excluding carboxylic acids is 1. The zero-order valence-electron chi connectivity index (χ0n) is 15.0. The lowest BCUT2D eigenvalue weighted by molar-refractivity contribution is -0.122. The van der Waals surface area contributed by atoms with Crippen LogP contribution < -0.4 is 20.3 Å². The maximum Gasteiger partial charge on any atom is 0.267 e. The van der Waals surface area contributed by atoms with Gasteiger partial charge in [-0.05, 0) is 31.0 Å². The zero-order valence-corrected chi connectivity index (χ0v) is 15.0. The Bertz CT molecular complexity index is 841. The highest BCUT2D eigenvalue weighted by molar-refractivity contribution is 5.76. The van der Waals surface area contributed by atoms with Gasteiger partial charge in [-0.3, -0.25) is 9.59 Å². The Morgan fingerprint density at radius 2 is 1.96 bits per heavy atom. The number of methoxy groups -OCH3 is 2. The van der Waals surface area contributed by atoms with E-state index in [4.69, 9.17) is 9.47 Å². The van der Waals surface area contributed by atoms with Gasteiger partial charge >= 0.3 is 0 Å². The Kier molecular flexibility index (Phi) is 5.55. The fourth-order valence-corrected chi connectivity index (χ4v) is 3.20. The van der Waals surface area contributed by atoms with Crippen LogP contribution in [0.25, 0.3) is 11.3 Å².